The van der Waals surface area contributed by atoms with Crippen molar-refractivity contribution < 1.29 is 9.90 Å². The quantitative estimate of drug-likeness (QED) is 0.888. The highest BCUT2D eigenvalue weighted by molar-refractivity contribution is 5.87. The Morgan fingerprint density at radius 3 is 1.78 bits per heavy atom. The summed E-state index contributed by atoms with van der Waals surface area (Å²) in [5.74, 6) is -0.327. The number of hydrogen-bond acceptors (Lipinski definition) is 2. The summed E-state index contributed by atoms with van der Waals surface area (Å²) in [6.45, 7) is 6.28. The molecule has 2 aromatic carbocycles. The van der Waals surface area contributed by atoms with Crippen molar-refractivity contribution >= 4 is 5.91 Å². The van der Waals surface area contributed by atoms with Gasteiger partial charge in [0.05, 0.1) is 11.5 Å². The Hall–Kier alpha value is -2.13. The van der Waals surface area contributed by atoms with Crippen LogP contribution in [0.25, 0.3) is 0 Å². The van der Waals surface area contributed by atoms with Gasteiger partial charge in [0.25, 0.3) is 0 Å². The maximum atomic E-state index is 13.2. The molecular weight excluding hydrogens is 286 g/mol. The molecule has 0 atom stereocenters. The van der Waals surface area contributed by atoms with Crippen LogP contribution in [-0.4, -0.2) is 34.6 Å². The van der Waals surface area contributed by atoms with Crippen molar-refractivity contribution in [3.05, 3.63) is 71.8 Å². The Labute approximate surface area is 138 Å². The van der Waals surface area contributed by atoms with Crippen molar-refractivity contribution in [3.63, 3.8) is 0 Å². The number of amides is 1. The molecule has 2 aromatic rings. The third kappa shape index (κ3) is 4.67. The molecule has 0 aliphatic heterocycles. The Kier molecular flexibility index (Phi) is 5.56. The van der Waals surface area contributed by atoms with Crippen LogP contribution >= 0.6 is 0 Å². The van der Waals surface area contributed by atoms with Crippen LogP contribution in [0.1, 0.15) is 37.8 Å². The summed E-state index contributed by atoms with van der Waals surface area (Å²) in [6, 6.07) is 19.6. The maximum absolute atomic E-state index is 13.2. The van der Waals surface area contributed by atoms with Gasteiger partial charge in [0, 0.05) is 13.1 Å². The molecule has 3 heteroatoms. The first-order chi connectivity index (χ1) is 10.9. The second-order valence-corrected chi connectivity index (χ2v) is 6.42. The van der Waals surface area contributed by atoms with Crippen molar-refractivity contribution in [2.45, 2.75) is 32.3 Å². The Morgan fingerprint density at radius 2 is 1.43 bits per heavy atom. The first-order valence-corrected chi connectivity index (χ1v) is 8.03. The molecule has 0 fully saturated rings. The summed E-state index contributed by atoms with van der Waals surface area (Å²) in [6.07, 6.45) is 0. The lowest BCUT2D eigenvalue weighted by atomic mass is 9.89. The number of carbonyl (C=O) groups excluding carboxylic acids is 1. The van der Waals surface area contributed by atoms with Crippen LogP contribution in [-0.2, 0) is 4.79 Å². The second-order valence-electron chi connectivity index (χ2n) is 6.42. The smallest absolute Gasteiger partial charge is 0.234 e. The minimum atomic E-state index is -0.913. The first-order valence-electron chi connectivity index (χ1n) is 8.03. The normalized spacial score (nSPS) is 11.5. The Bertz CT molecular complexity index is 578. The number of aliphatic hydroxyl groups is 1. The number of carbonyl (C=O) groups is 1. The number of rotatable bonds is 6. The van der Waals surface area contributed by atoms with Gasteiger partial charge in [-0.25, -0.2) is 0 Å². The largest absolute Gasteiger partial charge is 0.389 e. The molecule has 0 saturated heterocycles. The van der Waals surface area contributed by atoms with Gasteiger partial charge in [-0.3, -0.25) is 4.79 Å². The van der Waals surface area contributed by atoms with Gasteiger partial charge < -0.3 is 10.0 Å². The molecule has 1 amide bonds. The molecule has 1 N–H and O–H groups in total. The molecule has 0 bridgehead atoms. The molecule has 3 nitrogen and oxygen atoms in total. The molecule has 0 heterocycles. The van der Waals surface area contributed by atoms with E-state index in [4.69, 9.17) is 0 Å². The van der Waals surface area contributed by atoms with E-state index >= 15 is 0 Å². The van der Waals surface area contributed by atoms with E-state index in [-0.39, 0.29) is 11.8 Å². The van der Waals surface area contributed by atoms with E-state index in [9.17, 15) is 9.90 Å². The van der Waals surface area contributed by atoms with Crippen LogP contribution in [0.3, 0.4) is 0 Å². The lowest BCUT2D eigenvalue weighted by Crippen LogP contribution is -2.44. The summed E-state index contributed by atoms with van der Waals surface area (Å²) in [5.41, 5.74) is 1.03. The van der Waals surface area contributed by atoms with Gasteiger partial charge in [-0.2, -0.15) is 0 Å². The number of nitrogens with zero attached hydrogens (tertiary/aromatic N) is 1. The van der Waals surface area contributed by atoms with Gasteiger partial charge in [0.2, 0.25) is 5.91 Å². The molecule has 0 radical (unpaired) electrons. The van der Waals surface area contributed by atoms with Crippen LogP contribution in [0.4, 0.5) is 0 Å². The van der Waals surface area contributed by atoms with Crippen molar-refractivity contribution in [2.75, 3.05) is 13.1 Å². The molecule has 0 saturated carbocycles. The fourth-order valence-electron chi connectivity index (χ4n) is 2.76. The molecule has 2 rings (SSSR count). The van der Waals surface area contributed by atoms with Gasteiger partial charge in [-0.15, -0.1) is 0 Å². The van der Waals surface area contributed by atoms with E-state index < -0.39 is 5.60 Å². The van der Waals surface area contributed by atoms with Crippen molar-refractivity contribution in [1.29, 1.82) is 0 Å². The van der Waals surface area contributed by atoms with Crippen molar-refractivity contribution in [1.82, 2.24) is 4.90 Å². The fraction of sp³-hybridized carbons (Fsp3) is 0.350. The van der Waals surface area contributed by atoms with Gasteiger partial charge in [0.1, 0.15) is 0 Å². The predicted molar refractivity (Wildman–Crippen MR) is 93.3 cm³/mol. The van der Waals surface area contributed by atoms with Crippen molar-refractivity contribution in [2.24, 2.45) is 0 Å². The highest BCUT2D eigenvalue weighted by Crippen LogP contribution is 2.27. The minimum Gasteiger partial charge on any atom is -0.389 e. The minimum absolute atomic E-state index is 0.0204. The molecule has 0 aromatic heterocycles. The zero-order valence-electron chi connectivity index (χ0n) is 14.1. The number of likely N-dealkylation sites (N-methyl/N-ethyl adjacent to an activating group) is 1. The monoisotopic (exact) mass is 311 g/mol. The van der Waals surface area contributed by atoms with E-state index in [0.717, 1.165) is 11.1 Å². The van der Waals surface area contributed by atoms with Gasteiger partial charge in [0.15, 0.2) is 0 Å². The molecule has 0 spiro atoms. The van der Waals surface area contributed by atoms with Gasteiger partial charge >= 0.3 is 0 Å². The standard InChI is InChI=1S/C20H25NO2/c1-4-21(15-20(2,3)23)19(22)18(16-11-7-5-8-12-16)17-13-9-6-10-14-17/h5-14,18,23H,4,15H2,1-3H3. The highest BCUT2D eigenvalue weighted by Gasteiger charge is 2.29. The van der Waals surface area contributed by atoms with E-state index in [0.29, 0.717) is 13.1 Å². The van der Waals surface area contributed by atoms with Gasteiger partial charge in [-0.05, 0) is 31.9 Å². The summed E-state index contributed by atoms with van der Waals surface area (Å²) in [7, 11) is 0. The second kappa shape index (κ2) is 7.42. The van der Waals surface area contributed by atoms with Gasteiger partial charge in [-0.1, -0.05) is 60.7 Å². The number of benzene rings is 2. The maximum Gasteiger partial charge on any atom is 0.234 e. The predicted octanol–water partition coefficient (Wildman–Crippen LogP) is 3.44. The topological polar surface area (TPSA) is 40.5 Å². The Balaban J connectivity index is 2.39. The average molecular weight is 311 g/mol. The van der Waals surface area contributed by atoms with E-state index in [1.165, 1.54) is 0 Å². The lowest BCUT2D eigenvalue weighted by Gasteiger charge is -2.31. The molecule has 0 aliphatic carbocycles. The third-order valence-electron chi connectivity index (χ3n) is 3.78. The summed E-state index contributed by atoms with van der Waals surface area (Å²) in [5, 5.41) is 10.1. The first kappa shape index (κ1) is 17.2. The van der Waals surface area contributed by atoms with E-state index in [1.54, 1.807) is 18.7 Å². The van der Waals surface area contributed by atoms with E-state index in [1.807, 2.05) is 67.6 Å². The zero-order chi connectivity index (χ0) is 16.9. The van der Waals surface area contributed by atoms with Crippen LogP contribution in [0.5, 0.6) is 0 Å². The lowest BCUT2D eigenvalue weighted by molar-refractivity contribution is -0.134. The summed E-state index contributed by atoms with van der Waals surface area (Å²) < 4.78 is 0. The molecular formula is C20H25NO2. The SMILES string of the molecule is CCN(CC(C)(C)O)C(=O)C(c1ccccc1)c1ccccc1. The molecule has 0 aliphatic rings. The van der Waals surface area contributed by atoms with Crippen LogP contribution in [0, 0.1) is 0 Å². The molecule has 23 heavy (non-hydrogen) atoms. The van der Waals surface area contributed by atoms with E-state index in [2.05, 4.69) is 0 Å². The number of hydrogen-bond donors (Lipinski definition) is 1. The Morgan fingerprint density at radius 1 is 1.00 bits per heavy atom. The van der Waals surface area contributed by atoms with Crippen LogP contribution in [0.15, 0.2) is 60.7 Å². The fourth-order valence-corrected chi connectivity index (χ4v) is 2.76. The molecule has 122 valence electrons. The zero-order valence-corrected chi connectivity index (χ0v) is 14.1. The summed E-state index contributed by atoms with van der Waals surface area (Å²) >= 11 is 0. The van der Waals surface area contributed by atoms with Crippen LogP contribution in [0.2, 0.25) is 0 Å². The summed E-state index contributed by atoms with van der Waals surface area (Å²) in [4.78, 5) is 14.9. The highest BCUT2D eigenvalue weighted by atomic mass is 16.3. The molecule has 0 unspecified atom stereocenters. The van der Waals surface area contributed by atoms with Crippen molar-refractivity contribution in [3.8, 4) is 0 Å². The third-order valence-corrected chi connectivity index (χ3v) is 3.78. The average Bonchev–Trinajstić information content (AvgIpc) is 2.54. The van der Waals surface area contributed by atoms with Crippen LogP contribution < -0.4 is 0 Å².